The number of carbonyl (C=O) groups is 2. The van der Waals surface area contributed by atoms with E-state index in [1.54, 1.807) is 40.3 Å². The number of carbonyl (C=O) groups excluding carboxylic acids is 2. The molecule has 10 nitrogen and oxygen atoms in total. The van der Waals surface area contributed by atoms with Crippen LogP contribution in [0, 0.1) is 5.92 Å². The number of methoxy groups -OCH3 is 4. The van der Waals surface area contributed by atoms with Crippen LogP contribution in [-0.4, -0.2) is 81.3 Å². The molecule has 0 aliphatic carbocycles. The van der Waals surface area contributed by atoms with Crippen molar-refractivity contribution in [3.63, 3.8) is 0 Å². The van der Waals surface area contributed by atoms with E-state index in [1.807, 2.05) is 41.8 Å². The molecule has 11 heteroatoms. The molecule has 1 saturated heterocycles. The van der Waals surface area contributed by atoms with E-state index in [-0.39, 0.29) is 17.8 Å². The predicted octanol–water partition coefficient (Wildman–Crippen LogP) is 4.84. The van der Waals surface area contributed by atoms with Gasteiger partial charge in [-0.05, 0) is 49.9 Å². The van der Waals surface area contributed by atoms with Crippen LogP contribution in [0.1, 0.15) is 46.4 Å². The van der Waals surface area contributed by atoms with E-state index in [2.05, 4.69) is 4.90 Å². The number of piperidine rings is 1. The molecule has 0 spiro atoms. The average Bonchev–Trinajstić information content (AvgIpc) is 3.51. The van der Waals surface area contributed by atoms with Crippen LogP contribution < -0.4 is 18.9 Å². The van der Waals surface area contributed by atoms with E-state index in [0.29, 0.717) is 50.0 Å². The van der Waals surface area contributed by atoms with Gasteiger partial charge in [0.1, 0.15) is 22.2 Å². The predicted molar refractivity (Wildman–Crippen MR) is 164 cm³/mol. The second kappa shape index (κ2) is 15.6. The number of thiazole rings is 1. The lowest BCUT2D eigenvalue weighted by molar-refractivity contribution is -0.149. The van der Waals surface area contributed by atoms with Gasteiger partial charge in [0.25, 0.3) is 5.91 Å². The molecule has 1 aliphatic heterocycles. The number of likely N-dealkylation sites (tertiary alicyclic amines) is 1. The molecule has 1 fully saturated rings. The maximum atomic E-state index is 13.3. The van der Waals surface area contributed by atoms with E-state index in [4.69, 9.17) is 28.7 Å². The number of amides is 1. The molecule has 0 bridgehead atoms. The van der Waals surface area contributed by atoms with Gasteiger partial charge in [-0.15, -0.1) is 11.3 Å². The molecular weight excluding hydrogens is 570 g/mol. The normalized spacial score (nSPS) is 14.8. The number of ether oxygens (including phenoxy) is 5. The number of aromatic nitrogens is 1. The van der Waals surface area contributed by atoms with Crippen LogP contribution in [0.4, 0.5) is 0 Å². The zero-order chi connectivity index (χ0) is 30.8. The lowest BCUT2D eigenvalue weighted by Crippen LogP contribution is -2.43. The van der Waals surface area contributed by atoms with Crippen LogP contribution >= 0.6 is 11.3 Å². The number of hydrogen-bond donors (Lipinski definition) is 0. The SMILES string of the molecule is CCOC(=O)C1CCCN(C(=O)c2csc(CN(CCc3ccc(OC)c(OC)c3)Cc3ccc(OC)cc3OC)n2)C1. The van der Waals surface area contributed by atoms with Crippen LogP contribution in [0.2, 0.25) is 0 Å². The van der Waals surface area contributed by atoms with Crippen LogP contribution in [0.5, 0.6) is 23.0 Å². The summed E-state index contributed by atoms with van der Waals surface area (Å²) in [6.07, 6.45) is 2.26. The Bertz CT molecular complexity index is 1380. The first-order valence-corrected chi connectivity index (χ1v) is 15.3. The van der Waals surface area contributed by atoms with E-state index in [0.717, 1.165) is 53.4 Å². The Kier molecular flexibility index (Phi) is 11.6. The van der Waals surface area contributed by atoms with E-state index >= 15 is 0 Å². The highest BCUT2D eigenvalue weighted by molar-refractivity contribution is 7.09. The van der Waals surface area contributed by atoms with Gasteiger partial charge in [-0.25, -0.2) is 4.98 Å². The summed E-state index contributed by atoms with van der Waals surface area (Å²) >= 11 is 1.47. The van der Waals surface area contributed by atoms with Gasteiger partial charge >= 0.3 is 5.97 Å². The van der Waals surface area contributed by atoms with Crippen molar-refractivity contribution in [2.75, 3.05) is 54.7 Å². The van der Waals surface area contributed by atoms with Crippen LogP contribution in [0.3, 0.4) is 0 Å². The molecule has 1 amide bonds. The quantitative estimate of drug-likeness (QED) is 0.237. The van der Waals surface area contributed by atoms with E-state index in [1.165, 1.54) is 11.3 Å². The number of hydrogen-bond acceptors (Lipinski definition) is 10. The Morgan fingerprint density at radius 1 is 0.977 bits per heavy atom. The molecule has 1 aromatic heterocycles. The minimum Gasteiger partial charge on any atom is -0.497 e. The van der Waals surface area contributed by atoms with Crippen molar-refractivity contribution in [3.05, 3.63) is 63.6 Å². The molecular formula is C32H41N3O7S. The summed E-state index contributed by atoms with van der Waals surface area (Å²) in [5.74, 6) is 2.17. The summed E-state index contributed by atoms with van der Waals surface area (Å²) in [4.78, 5) is 34.4. The highest BCUT2D eigenvalue weighted by Crippen LogP contribution is 2.29. The Morgan fingerprint density at radius 3 is 2.49 bits per heavy atom. The van der Waals surface area contributed by atoms with Crippen molar-refractivity contribution in [1.82, 2.24) is 14.8 Å². The molecule has 43 heavy (non-hydrogen) atoms. The molecule has 0 N–H and O–H groups in total. The number of esters is 1. The average molecular weight is 612 g/mol. The van der Waals surface area contributed by atoms with Crippen molar-refractivity contribution >= 4 is 23.2 Å². The maximum Gasteiger partial charge on any atom is 0.310 e. The third-order valence-electron chi connectivity index (χ3n) is 7.51. The van der Waals surface area contributed by atoms with Gasteiger partial charge < -0.3 is 28.6 Å². The Morgan fingerprint density at radius 2 is 1.77 bits per heavy atom. The van der Waals surface area contributed by atoms with Crippen molar-refractivity contribution < 1.29 is 33.3 Å². The molecule has 4 rings (SSSR count). The van der Waals surface area contributed by atoms with Gasteiger partial charge in [-0.2, -0.15) is 0 Å². The summed E-state index contributed by atoms with van der Waals surface area (Å²) < 4.78 is 27.1. The summed E-state index contributed by atoms with van der Waals surface area (Å²) in [5, 5.41) is 2.65. The lowest BCUT2D eigenvalue weighted by atomic mass is 9.98. The Balaban J connectivity index is 1.50. The summed E-state index contributed by atoms with van der Waals surface area (Å²) in [6.45, 7) is 4.98. The Hall–Kier alpha value is -3.83. The van der Waals surface area contributed by atoms with Crippen molar-refractivity contribution in [2.24, 2.45) is 5.92 Å². The molecule has 1 unspecified atom stereocenters. The molecule has 2 heterocycles. The molecule has 232 valence electrons. The third-order valence-corrected chi connectivity index (χ3v) is 8.34. The van der Waals surface area contributed by atoms with Crippen molar-refractivity contribution in [1.29, 1.82) is 0 Å². The van der Waals surface area contributed by atoms with Crippen molar-refractivity contribution in [2.45, 2.75) is 39.3 Å². The smallest absolute Gasteiger partial charge is 0.310 e. The molecule has 0 saturated carbocycles. The fourth-order valence-corrected chi connectivity index (χ4v) is 6.02. The third kappa shape index (κ3) is 8.39. The topological polar surface area (TPSA) is 99.7 Å². The maximum absolute atomic E-state index is 13.3. The molecule has 1 atom stereocenters. The summed E-state index contributed by atoms with van der Waals surface area (Å²) in [7, 11) is 6.54. The molecule has 3 aromatic rings. The minimum absolute atomic E-state index is 0.148. The second-order valence-corrected chi connectivity index (χ2v) is 11.2. The summed E-state index contributed by atoms with van der Waals surface area (Å²) in [6, 6.07) is 11.8. The van der Waals surface area contributed by atoms with Crippen molar-refractivity contribution in [3.8, 4) is 23.0 Å². The minimum atomic E-state index is -0.290. The van der Waals surface area contributed by atoms with E-state index < -0.39 is 0 Å². The van der Waals surface area contributed by atoms with Gasteiger partial charge in [0.05, 0.1) is 47.5 Å². The monoisotopic (exact) mass is 611 g/mol. The van der Waals surface area contributed by atoms with Gasteiger partial charge in [-0.1, -0.05) is 12.1 Å². The van der Waals surface area contributed by atoms with Crippen LogP contribution in [-0.2, 0) is 29.0 Å². The summed E-state index contributed by atoms with van der Waals surface area (Å²) in [5.41, 5.74) is 2.54. The zero-order valence-electron chi connectivity index (χ0n) is 25.6. The molecule has 0 radical (unpaired) electrons. The van der Waals surface area contributed by atoms with Gasteiger partial charge in [0.2, 0.25) is 0 Å². The fraction of sp³-hybridized carbons (Fsp3) is 0.469. The van der Waals surface area contributed by atoms with Crippen LogP contribution in [0.25, 0.3) is 0 Å². The second-order valence-electron chi connectivity index (χ2n) is 10.3. The largest absolute Gasteiger partial charge is 0.497 e. The molecule has 2 aromatic carbocycles. The highest BCUT2D eigenvalue weighted by Gasteiger charge is 2.30. The molecule has 1 aliphatic rings. The number of rotatable bonds is 14. The van der Waals surface area contributed by atoms with E-state index in [9.17, 15) is 9.59 Å². The zero-order valence-corrected chi connectivity index (χ0v) is 26.4. The number of benzene rings is 2. The Labute approximate surface area is 257 Å². The standard InChI is InChI=1S/C32H41N3O7S/c1-6-42-32(37)24-8-7-14-35(19-24)31(36)26-21-43-30(33-26)20-34(18-23-10-11-25(38-2)17-28(23)40-4)15-13-22-9-12-27(39-3)29(16-22)41-5/h9-12,16-17,21,24H,6-8,13-15,18-20H2,1-5H3. The van der Waals surface area contributed by atoms with Gasteiger partial charge in [0.15, 0.2) is 11.5 Å². The first kappa shape index (κ1) is 32.1. The van der Waals surface area contributed by atoms with Gasteiger partial charge in [0, 0.05) is 43.2 Å². The first-order chi connectivity index (χ1) is 20.9. The fourth-order valence-electron chi connectivity index (χ4n) is 5.21. The lowest BCUT2D eigenvalue weighted by Gasteiger charge is -2.31. The van der Waals surface area contributed by atoms with Crippen LogP contribution in [0.15, 0.2) is 41.8 Å². The first-order valence-electron chi connectivity index (χ1n) is 14.4. The van der Waals surface area contributed by atoms with Gasteiger partial charge in [-0.3, -0.25) is 14.5 Å². The number of nitrogens with zero attached hydrogens (tertiary/aromatic N) is 3. The highest BCUT2D eigenvalue weighted by atomic mass is 32.1.